The molecule has 2 aromatic rings. The molecule has 1 fully saturated rings. The number of benzene rings is 2. The molecule has 0 saturated heterocycles. The van der Waals surface area contributed by atoms with Crippen LogP contribution < -0.4 is 20.9 Å². The number of hydrogen-bond donors (Lipinski definition) is 3. The quantitative estimate of drug-likeness (QED) is 0.322. The van der Waals surface area contributed by atoms with E-state index in [1.165, 1.54) is 14.2 Å². The van der Waals surface area contributed by atoms with Crippen molar-refractivity contribution in [2.24, 2.45) is 5.92 Å². The van der Waals surface area contributed by atoms with Gasteiger partial charge >= 0.3 is 5.91 Å². The Balaban J connectivity index is 1.76. The van der Waals surface area contributed by atoms with Crippen LogP contribution in [0.2, 0.25) is 0 Å². The van der Waals surface area contributed by atoms with Crippen LogP contribution >= 0.6 is 0 Å². The van der Waals surface area contributed by atoms with Crippen LogP contribution in [0.5, 0.6) is 5.75 Å². The molecule has 1 aliphatic rings. The summed E-state index contributed by atoms with van der Waals surface area (Å²) in [6.45, 7) is 0. The van der Waals surface area contributed by atoms with Gasteiger partial charge in [0.2, 0.25) is 11.7 Å². The molecule has 34 heavy (non-hydrogen) atoms. The van der Waals surface area contributed by atoms with E-state index in [1.807, 2.05) is 11.5 Å². The van der Waals surface area contributed by atoms with E-state index in [0.717, 1.165) is 18.4 Å². The van der Waals surface area contributed by atoms with Gasteiger partial charge in [-0.2, -0.15) is 0 Å². The minimum absolute atomic E-state index is 0.114. The molecule has 0 bridgehead atoms. The number of ketones is 1. The second-order valence-electron chi connectivity index (χ2n) is 8.19. The zero-order chi connectivity index (χ0) is 24.5. The zero-order valence-electron chi connectivity index (χ0n) is 19.2. The van der Waals surface area contributed by atoms with Crippen LogP contribution in [0.3, 0.4) is 0 Å². The van der Waals surface area contributed by atoms with E-state index < -0.39 is 35.6 Å². The van der Waals surface area contributed by atoms with Crippen molar-refractivity contribution >= 4 is 23.5 Å². The van der Waals surface area contributed by atoms with Crippen molar-refractivity contribution in [1.82, 2.24) is 16.1 Å². The van der Waals surface area contributed by atoms with Crippen molar-refractivity contribution < 1.29 is 28.8 Å². The minimum atomic E-state index is -1.12. The molecule has 1 saturated carbocycles. The maximum absolute atomic E-state index is 13.2. The number of ether oxygens (including phenoxy) is 1. The van der Waals surface area contributed by atoms with Crippen LogP contribution in [-0.4, -0.2) is 49.8 Å². The summed E-state index contributed by atoms with van der Waals surface area (Å²) in [5.41, 5.74) is 3.12. The molecule has 0 radical (unpaired) electrons. The van der Waals surface area contributed by atoms with Crippen LogP contribution in [0.15, 0.2) is 54.6 Å². The molecule has 1 aliphatic carbocycles. The fourth-order valence-corrected chi connectivity index (χ4v) is 3.56. The summed E-state index contributed by atoms with van der Waals surface area (Å²) in [6.07, 6.45) is 2.50. The lowest BCUT2D eigenvalue weighted by atomic mass is 10.0. The lowest BCUT2D eigenvalue weighted by molar-refractivity contribution is -0.146. The molecule has 180 valence electrons. The van der Waals surface area contributed by atoms with Gasteiger partial charge in [-0.05, 0) is 36.1 Å². The van der Waals surface area contributed by atoms with Gasteiger partial charge in [-0.25, -0.2) is 5.48 Å². The normalized spacial score (nSPS) is 14.4. The summed E-state index contributed by atoms with van der Waals surface area (Å²) >= 11 is 0. The predicted octanol–water partition coefficient (Wildman–Crippen LogP) is 1.57. The molecule has 2 aromatic carbocycles. The Morgan fingerprint density at radius 2 is 1.68 bits per heavy atom. The van der Waals surface area contributed by atoms with Gasteiger partial charge < -0.3 is 15.4 Å². The number of carbonyl (C=O) groups is 4. The monoisotopic (exact) mass is 467 g/mol. The van der Waals surface area contributed by atoms with Crippen LogP contribution in [-0.2, 0) is 25.6 Å². The molecule has 3 rings (SSSR count). The highest BCUT2D eigenvalue weighted by Gasteiger charge is 2.34. The summed E-state index contributed by atoms with van der Waals surface area (Å²) in [6, 6.07) is 13.7. The Morgan fingerprint density at radius 1 is 0.941 bits per heavy atom. The van der Waals surface area contributed by atoms with Crippen LogP contribution in [0.25, 0.3) is 0 Å². The van der Waals surface area contributed by atoms with E-state index in [0.29, 0.717) is 23.7 Å². The number of rotatable bonds is 12. The van der Waals surface area contributed by atoms with Crippen molar-refractivity contribution in [1.29, 1.82) is 0 Å². The first-order chi connectivity index (χ1) is 16.4. The Labute approximate surface area is 198 Å². The lowest BCUT2D eigenvalue weighted by Crippen LogP contribution is -2.54. The SMILES string of the molecule is CONC(=O)C(=O)[C@H](Cc1ccccc1)NC(=O)[C@H](CC1CC1)NC(=O)c1cccc(OC)c1. The maximum Gasteiger partial charge on any atom is 0.313 e. The molecule has 3 amide bonds. The Kier molecular flexibility index (Phi) is 8.75. The molecule has 0 aliphatic heterocycles. The Hall–Kier alpha value is -3.72. The van der Waals surface area contributed by atoms with Crippen LogP contribution in [0.1, 0.15) is 35.2 Å². The van der Waals surface area contributed by atoms with Gasteiger partial charge in [-0.15, -0.1) is 0 Å². The highest BCUT2D eigenvalue weighted by Crippen LogP contribution is 2.33. The molecule has 0 aromatic heterocycles. The average Bonchev–Trinajstić information content (AvgIpc) is 3.67. The number of methoxy groups -OCH3 is 1. The molecule has 0 unspecified atom stereocenters. The molecule has 9 nitrogen and oxygen atoms in total. The molecule has 3 N–H and O–H groups in total. The predicted molar refractivity (Wildman–Crippen MR) is 124 cm³/mol. The summed E-state index contributed by atoms with van der Waals surface area (Å²) in [7, 11) is 2.72. The summed E-state index contributed by atoms with van der Waals surface area (Å²) < 4.78 is 5.16. The van der Waals surface area contributed by atoms with Crippen molar-refractivity contribution in [2.45, 2.75) is 37.8 Å². The largest absolute Gasteiger partial charge is 0.497 e. The topological polar surface area (TPSA) is 123 Å². The van der Waals surface area contributed by atoms with Crippen molar-refractivity contribution in [2.75, 3.05) is 14.2 Å². The lowest BCUT2D eigenvalue weighted by Gasteiger charge is -2.23. The standard InChI is InChI=1S/C25H29N3O6/c1-33-19-10-6-9-18(15-19)23(30)27-21(14-17-11-12-17)24(31)26-20(22(29)25(32)28-34-2)13-16-7-4-3-5-8-16/h3-10,15,17,20-21H,11-14H2,1-2H3,(H,26,31)(H,27,30)(H,28,32)/t20-,21-/m0/s1. The number of carbonyl (C=O) groups excluding carboxylic acids is 4. The van der Waals surface area contributed by atoms with Gasteiger partial charge in [0.1, 0.15) is 17.8 Å². The fraction of sp³-hybridized carbons (Fsp3) is 0.360. The van der Waals surface area contributed by atoms with E-state index in [9.17, 15) is 19.2 Å². The second kappa shape index (κ2) is 11.9. The molecular weight excluding hydrogens is 438 g/mol. The smallest absolute Gasteiger partial charge is 0.313 e. The highest BCUT2D eigenvalue weighted by molar-refractivity contribution is 6.38. The first-order valence-electron chi connectivity index (χ1n) is 11.1. The van der Waals surface area contributed by atoms with Gasteiger partial charge in [-0.3, -0.25) is 24.0 Å². The maximum atomic E-state index is 13.2. The van der Waals surface area contributed by atoms with Gasteiger partial charge in [0, 0.05) is 12.0 Å². The highest BCUT2D eigenvalue weighted by atomic mass is 16.6. The Bertz CT molecular complexity index is 1020. The average molecular weight is 468 g/mol. The van der Waals surface area contributed by atoms with E-state index in [1.54, 1.807) is 48.5 Å². The van der Waals surface area contributed by atoms with Gasteiger partial charge in [0.25, 0.3) is 5.91 Å². The van der Waals surface area contributed by atoms with Crippen LogP contribution in [0, 0.1) is 5.92 Å². The third kappa shape index (κ3) is 7.14. The van der Waals surface area contributed by atoms with E-state index in [2.05, 4.69) is 15.5 Å². The van der Waals surface area contributed by atoms with Crippen molar-refractivity contribution in [3.8, 4) is 5.75 Å². The fourth-order valence-electron chi connectivity index (χ4n) is 3.56. The van der Waals surface area contributed by atoms with Crippen LogP contribution in [0.4, 0.5) is 0 Å². The summed E-state index contributed by atoms with van der Waals surface area (Å²) in [5, 5.41) is 5.45. The van der Waals surface area contributed by atoms with E-state index in [-0.39, 0.29) is 6.42 Å². The van der Waals surface area contributed by atoms with Crippen molar-refractivity contribution in [3.05, 3.63) is 65.7 Å². The first-order valence-corrected chi connectivity index (χ1v) is 11.1. The van der Waals surface area contributed by atoms with E-state index in [4.69, 9.17) is 4.74 Å². The number of nitrogens with one attached hydrogen (secondary N) is 3. The molecular formula is C25H29N3O6. The Morgan fingerprint density at radius 3 is 2.32 bits per heavy atom. The second-order valence-corrected chi connectivity index (χ2v) is 8.19. The van der Waals surface area contributed by atoms with E-state index >= 15 is 0 Å². The van der Waals surface area contributed by atoms with Gasteiger partial charge in [0.05, 0.1) is 14.2 Å². The van der Waals surface area contributed by atoms with Gasteiger partial charge in [0.15, 0.2) is 0 Å². The third-order valence-electron chi connectivity index (χ3n) is 5.55. The summed E-state index contributed by atoms with van der Waals surface area (Å²) in [5.74, 6) is -1.92. The number of hydrogen-bond acceptors (Lipinski definition) is 6. The molecule has 9 heteroatoms. The number of Topliss-reactive ketones (excluding diaryl/α,β-unsaturated/α-hetero) is 1. The number of amides is 3. The minimum Gasteiger partial charge on any atom is -0.497 e. The first kappa shape index (κ1) is 24.9. The molecule has 0 spiro atoms. The third-order valence-corrected chi connectivity index (χ3v) is 5.55. The zero-order valence-corrected chi connectivity index (χ0v) is 19.2. The summed E-state index contributed by atoms with van der Waals surface area (Å²) in [4.78, 5) is 55.5. The number of hydroxylamine groups is 1. The molecule has 2 atom stereocenters. The van der Waals surface area contributed by atoms with Gasteiger partial charge in [-0.1, -0.05) is 49.2 Å². The molecule has 0 heterocycles. The van der Waals surface area contributed by atoms with Crippen molar-refractivity contribution in [3.63, 3.8) is 0 Å².